The number of H-pyrrole nitrogens is 1. The first-order valence-corrected chi connectivity index (χ1v) is 10.5. The normalized spacial score (nSPS) is 19.5. The molecule has 2 heterocycles. The first kappa shape index (κ1) is 19.9. The van der Waals surface area contributed by atoms with Crippen LogP contribution in [0.15, 0.2) is 36.4 Å². The smallest absolute Gasteiger partial charge is 0.317 e. The fourth-order valence-electron chi connectivity index (χ4n) is 3.88. The van der Waals surface area contributed by atoms with Gasteiger partial charge < -0.3 is 15.0 Å². The Morgan fingerprint density at radius 3 is 2.72 bits per heavy atom. The first-order valence-electron chi connectivity index (χ1n) is 10.5. The van der Waals surface area contributed by atoms with Crippen LogP contribution in [-0.4, -0.2) is 72.5 Å². The Morgan fingerprint density at radius 1 is 1.31 bits per heavy atom. The minimum absolute atomic E-state index is 0.0402. The molecule has 1 aliphatic carbocycles. The summed E-state index contributed by atoms with van der Waals surface area (Å²) in [6.07, 6.45) is 2.37. The van der Waals surface area contributed by atoms with Gasteiger partial charge >= 0.3 is 6.03 Å². The predicted molar refractivity (Wildman–Crippen MR) is 113 cm³/mol. The molecule has 2 aliphatic rings. The third kappa shape index (κ3) is 4.79. The van der Waals surface area contributed by atoms with E-state index in [4.69, 9.17) is 4.74 Å². The van der Waals surface area contributed by atoms with E-state index >= 15 is 0 Å². The summed E-state index contributed by atoms with van der Waals surface area (Å²) in [6, 6.07) is 11.9. The van der Waals surface area contributed by atoms with Gasteiger partial charge in [0.05, 0.1) is 30.6 Å². The van der Waals surface area contributed by atoms with E-state index in [-0.39, 0.29) is 17.5 Å². The maximum atomic E-state index is 12.7. The van der Waals surface area contributed by atoms with Gasteiger partial charge in [-0.05, 0) is 25.8 Å². The van der Waals surface area contributed by atoms with Crippen LogP contribution < -0.4 is 5.32 Å². The van der Waals surface area contributed by atoms with Gasteiger partial charge in [0.1, 0.15) is 0 Å². The average molecular weight is 398 g/mol. The predicted octanol–water partition coefficient (Wildman–Crippen LogP) is 2.89. The number of nitrogens with zero attached hydrogens (tertiary/aromatic N) is 3. The fraction of sp³-hybridized carbons (Fsp3) is 0.545. The molecule has 1 aromatic heterocycles. The molecule has 1 saturated carbocycles. The molecule has 7 heteroatoms. The lowest BCUT2D eigenvalue weighted by molar-refractivity contribution is 0.0284. The standard InChI is InChI=1S/C22H31N5O2/c1-17(19-14-20(25-24-19)18-6-4-3-5-7-18)26(2)21(28)23-15-22(8-9-22)16-27-10-12-29-13-11-27/h3-7,14,17H,8-13,15-16H2,1-2H3,(H,23,28)(H,24,25)/t17-/m0/s1. The van der Waals surface area contributed by atoms with E-state index in [9.17, 15) is 4.79 Å². The van der Waals surface area contributed by atoms with Crippen molar-refractivity contribution in [3.63, 3.8) is 0 Å². The number of carbonyl (C=O) groups excluding carboxylic acids is 1. The molecule has 0 spiro atoms. The summed E-state index contributed by atoms with van der Waals surface area (Å²) < 4.78 is 5.44. The van der Waals surface area contributed by atoms with Crippen LogP contribution in [-0.2, 0) is 4.74 Å². The van der Waals surface area contributed by atoms with Crippen molar-refractivity contribution < 1.29 is 9.53 Å². The van der Waals surface area contributed by atoms with Crippen molar-refractivity contribution in [2.24, 2.45) is 5.41 Å². The zero-order chi connectivity index (χ0) is 20.3. The van der Waals surface area contributed by atoms with Crippen molar-refractivity contribution in [3.05, 3.63) is 42.1 Å². The second-order valence-corrected chi connectivity index (χ2v) is 8.41. The number of nitrogens with one attached hydrogen (secondary N) is 2. The van der Waals surface area contributed by atoms with Crippen LogP contribution in [0.4, 0.5) is 4.79 Å². The molecule has 0 bridgehead atoms. The number of hydrogen-bond acceptors (Lipinski definition) is 4. The summed E-state index contributed by atoms with van der Waals surface area (Å²) in [5, 5.41) is 10.7. The highest BCUT2D eigenvalue weighted by atomic mass is 16.5. The number of amides is 2. The summed E-state index contributed by atoms with van der Waals surface area (Å²) in [6.45, 7) is 7.43. The number of rotatable bonds is 7. The Morgan fingerprint density at radius 2 is 2.03 bits per heavy atom. The van der Waals surface area contributed by atoms with Crippen molar-refractivity contribution in [1.82, 2.24) is 25.3 Å². The topological polar surface area (TPSA) is 73.5 Å². The number of ether oxygens (including phenoxy) is 1. The van der Waals surface area contributed by atoms with Crippen molar-refractivity contribution in [3.8, 4) is 11.3 Å². The van der Waals surface area contributed by atoms with Crippen LogP contribution in [0.5, 0.6) is 0 Å². The highest BCUT2D eigenvalue weighted by molar-refractivity contribution is 5.74. The van der Waals surface area contributed by atoms with Crippen LogP contribution >= 0.6 is 0 Å². The Kier molecular flexibility index (Phi) is 5.87. The van der Waals surface area contributed by atoms with Crippen molar-refractivity contribution in [2.75, 3.05) is 46.4 Å². The molecule has 0 unspecified atom stereocenters. The molecule has 1 aromatic carbocycles. The third-order valence-corrected chi connectivity index (χ3v) is 6.25. The first-order chi connectivity index (χ1) is 14.1. The van der Waals surface area contributed by atoms with E-state index in [0.29, 0.717) is 0 Å². The van der Waals surface area contributed by atoms with Gasteiger partial charge in [-0.2, -0.15) is 5.10 Å². The molecular weight excluding hydrogens is 366 g/mol. The molecule has 1 atom stereocenters. The highest BCUT2D eigenvalue weighted by Crippen LogP contribution is 2.45. The van der Waals surface area contributed by atoms with Gasteiger partial charge in [0, 0.05) is 44.2 Å². The zero-order valence-electron chi connectivity index (χ0n) is 17.4. The van der Waals surface area contributed by atoms with Crippen LogP contribution in [0.1, 0.15) is 31.5 Å². The second-order valence-electron chi connectivity index (χ2n) is 8.41. The van der Waals surface area contributed by atoms with Gasteiger partial charge in [0.2, 0.25) is 0 Å². The number of aromatic nitrogens is 2. The number of carbonyl (C=O) groups is 1. The molecule has 29 heavy (non-hydrogen) atoms. The molecule has 2 aromatic rings. The Bertz CT molecular complexity index is 812. The largest absolute Gasteiger partial charge is 0.379 e. The molecule has 0 radical (unpaired) electrons. The molecule has 2 amide bonds. The molecule has 1 aliphatic heterocycles. The van der Waals surface area contributed by atoms with Gasteiger partial charge in [-0.15, -0.1) is 0 Å². The monoisotopic (exact) mass is 397 g/mol. The van der Waals surface area contributed by atoms with E-state index in [1.807, 2.05) is 50.4 Å². The average Bonchev–Trinajstić information content (AvgIpc) is 3.34. The molecule has 4 rings (SSSR count). The van der Waals surface area contributed by atoms with E-state index in [2.05, 4.69) is 20.4 Å². The maximum absolute atomic E-state index is 12.7. The molecule has 7 nitrogen and oxygen atoms in total. The summed E-state index contributed by atoms with van der Waals surface area (Å²) in [7, 11) is 1.84. The summed E-state index contributed by atoms with van der Waals surface area (Å²) in [5.41, 5.74) is 3.12. The minimum Gasteiger partial charge on any atom is -0.379 e. The van der Waals surface area contributed by atoms with Crippen LogP contribution in [0.3, 0.4) is 0 Å². The molecular formula is C22H31N5O2. The van der Waals surface area contributed by atoms with E-state index in [1.165, 1.54) is 12.8 Å². The SMILES string of the molecule is C[C@@H](c1cc(-c2ccccc2)n[nH]1)N(C)C(=O)NCC1(CN2CCOCC2)CC1. The van der Waals surface area contributed by atoms with E-state index < -0.39 is 0 Å². The third-order valence-electron chi connectivity index (χ3n) is 6.25. The lowest BCUT2D eigenvalue weighted by atomic mass is 10.1. The van der Waals surface area contributed by atoms with Crippen LogP contribution in [0, 0.1) is 5.41 Å². The lowest BCUT2D eigenvalue weighted by Crippen LogP contribution is -2.45. The molecule has 156 valence electrons. The van der Waals surface area contributed by atoms with Gasteiger partial charge in [0.25, 0.3) is 0 Å². The van der Waals surface area contributed by atoms with Crippen molar-refractivity contribution in [2.45, 2.75) is 25.8 Å². The number of hydrogen-bond donors (Lipinski definition) is 2. The van der Waals surface area contributed by atoms with E-state index in [1.54, 1.807) is 4.90 Å². The second kappa shape index (κ2) is 8.55. The Labute approximate surface area is 172 Å². The van der Waals surface area contributed by atoms with Crippen molar-refractivity contribution >= 4 is 6.03 Å². The number of benzene rings is 1. The van der Waals surface area contributed by atoms with E-state index in [0.717, 1.165) is 56.3 Å². The zero-order valence-corrected chi connectivity index (χ0v) is 17.4. The van der Waals surface area contributed by atoms with Gasteiger partial charge in [-0.1, -0.05) is 30.3 Å². The number of urea groups is 1. The fourth-order valence-corrected chi connectivity index (χ4v) is 3.88. The summed E-state index contributed by atoms with van der Waals surface area (Å²) in [5.74, 6) is 0. The molecule has 1 saturated heterocycles. The van der Waals surface area contributed by atoms with Crippen LogP contribution in [0.25, 0.3) is 11.3 Å². The number of aromatic amines is 1. The summed E-state index contributed by atoms with van der Waals surface area (Å²) >= 11 is 0. The Balaban J connectivity index is 1.30. The molecule has 2 fully saturated rings. The minimum atomic E-state index is -0.0886. The van der Waals surface area contributed by atoms with Gasteiger partial charge in [-0.3, -0.25) is 10.00 Å². The molecule has 2 N–H and O–H groups in total. The van der Waals surface area contributed by atoms with Gasteiger partial charge in [-0.25, -0.2) is 4.79 Å². The Hall–Kier alpha value is -2.38. The highest BCUT2D eigenvalue weighted by Gasteiger charge is 2.44. The van der Waals surface area contributed by atoms with Crippen LogP contribution in [0.2, 0.25) is 0 Å². The maximum Gasteiger partial charge on any atom is 0.317 e. The lowest BCUT2D eigenvalue weighted by Gasteiger charge is -2.31. The number of morpholine rings is 1. The quantitative estimate of drug-likeness (QED) is 0.753. The van der Waals surface area contributed by atoms with Crippen molar-refractivity contribution in [1.29, 1.82) is 0 Å². The van der Waals surface area contributed by atoms with Gasteiger partial charge in [0.15, 0.2) is 0 Å². The summed E-state index contributed by atoms with van der Waals surface area (Å²) in [4.78, 5) is 17.0.